The first kappa shape index (κ1) is 22.8. The molecule has 0 bridgehead atoms. The summed E-state index contributed by atoms with van der Waals surface area (Å²) in [6.45, 7) is 0. The van der Waals surface area contributed by atoms with Gasteiger partial charge in [0.25, 0.3) is 5.91 Å². The van der Waals surface area contributed by atoms with E-state index in [0.717, 1.165) is 21.2 Å². The Hall–Kier alpha value is -3.94. The fraction of sp³-hybridized carbons (Fsp3) is 0.0357. The molecule has 0 fully saturated rings. The third kappa shape index (κ3) is 5.59. The maximum Gasteiger partial charge on any atom is 0.255 e. The van der Waals surface area contributed by atoms with Crippen LogP contribution in [0.15, 0.2) is 114 Å². The number of anilines is 2. The van der Waals surface area contributed by atoms with Crippen LogP contribution in [0, 0.1) is 0 Å². The summed E-state index contributed by atoms with van der Waals surface area (Å²) >= 11 is 2.83. The number of aromatic nitrogens is 1. The second-order valence-electron chi connectivity index (χ2n) is 7.78. The Morgan fingerprint density at radius 1 is 0.800 bits per heavy atom. The number of thioether (sulfide) groups is 1. The van der Waals surface area contributed by atoms with Gasteiger partial charge in [-0.25, -0.2) is 4.98 Å². The van der Waals surface area contributed by atoms with E-state index in [1.54, 1.807) is 6.20 Å². The van der Waals surface area contributed by atoms with Gasteiger partial charge in [0.1, 0.15) is 5.25 Å². The molecule has 0 radical (unpaired) electrons. The summed E-state index contributed by atoms with van der Waals surface area (Å²) in [6.07, 6.45) is 1.66. The van der Waals surface area contributed by atoms with E-state index < -0.39 is 5.25 Å². The average Bonchev–Trinajstić information content (AvgIpc) is 3.41. The minimum atomic E-state index is -0.446. The molecule has 35 heavy (non-hydrogen) atoms. The van der Waals surface area contributed by atoms with Gasteiger partial charge >= 0.3 is 0 Å². The van der Waals surface area contributed by atoms with Crippen molar-refractivity contribution in [3.63, 3.8) is 0 Å². The molecule has 7 heteroatoms. The summed E-state index contributed by atoms with van der Waals surface area (Å²) in [5, 5.41) is 9.92. The number of carbonyl (C=O) groups excluding carboxylic acids is 2. The number of hydrogen-bond acceptors (Lipinski definition) is 5. The summed E-state index contributed by atoms with van der Waals surface area (Å²) in [6, 6.07) is 30.8. The molecule has 2 amide bonds. The Balaban J connectivity index is 1.29. The molecule has 1 heterocycles. The first-order chi connectivity index (χ1) is 17.2. The number of benzene rings is 4. The summed E-state index contributed by atoms with van der Waals surface area (Å²) < 4.78 is 0. The molecule has 5 rings (SSSR count). The van der Waals surface area contributed by atoms with Crippen molar-refractivity contribution in [2.45, 2.75) is 10.1 Å². The van der Waals surface area contributed by atoms with Gasteiger partial charge in [0.05, 0.1) is 0 Å². The molecule has 2 N–H and O–H groups in total. The van der Waals surface area contributed by atoms with Crippen LogP contribution in [0.3, 0.4) is 0 Å². The molecule has 0 aliphatic rings. The maximum absolute atomic E-state index is 13.1. The van der Waals surface area contributed by atoms with Crippen LogP contribution in [0.25, 0.3) is 10.8 Å². The molecular formula is C28H21N3O2S2. The van der Waals surface area contributed by atoms with Crippen molar-refractivity contribution in [3.05, 3.63) is 120 Å². The molecule has 4 aromatic carbocycles. The molecule has 1 atom stereocenters. The summed E-state index contributed by atoms with van der Waals surface area (Å²) in [5.41, 5.74) is 2.20. The van der Waals surface area contributed by atoms with Gasteiger partial charge in [0.15, 0.2) is 5.13 Å². The number of nitrogens with one attached hydrogen (secondary N) is 2. The normalized spacial score (nSPS) is 11.7. The largest absolute Gasteiger partial charge is 0.322 e. The second kappa shape index (κ2) is 10.5. The number of amides is 2. The van der Waals surface area contributed by atoms with Crippen LogP contribution in [0.5, 0.6) is 0 Å². The number of fused-ring (bicyclic) bond motifs is 1. The standard InChI is InChI=1S/C28H21N3O2S2/c32-26(22-11-10-19-6-4-5-9-21(19)18-22)30-23-12-14-24(15-13-23)35-25(20-7-2-1-3-8-20)27(33)31-28-29-16-17-34-28/h1-18,25H,(H,30,32)(H,29,31,33). The number of rotatable bonds is 7. The number of hydrogen-bond donors (Lipinski definition) is 2. The summed E-state index contributed by atoms with van der Waals surface area (Å²) in [4.78, 5) is 30.9. The van der Waals surface area contributed by atoms with Crippen molar-refractivity contribution in [1.29, 1.82) is 0 Å². The molecule has 0 spiro atoms. The lowest BCUT2D eigenvalue weighted by molar-refractivity contribution is -0.115. The van der Waals surface area contributed by atoms with E-state index in [4.69, 9.17) is 0 Å². The van der Waals surface area contributed by atoms with Crippen LogP contribution < -0.4 is 10.6 Å². The van der Waals surface area contributed by atoms with Gasteiger partial charge in [0, 0.05) is 27.7 Å². The SMILES string of the molecule is O=C(Nc1ccc(SC(C(=O)Nc2nccs2)c2ccccc2)cc1)c1ccc2ccccc2c1. The average molecular weight is 496 g/mol. The van der Waals surface area contributed by atoms with Gasteiger partial charge in [-0.2, -0.15) is 0 Å². The predicted molar refractivity (Wildman–Crippen MR) is 144 cm³/mol. The Bertz CT molecular complexity index is 1450. The van der Waals surface area contributed by atoms with E-state index in [1.807, 2.05) is 102 Å². The molecule has 1 unspecified atom stereocenters. The van der Waals surface area contributed by atoms with Crippen LogP contribution >= 0.6 is 23.1 Å². The summed E-state index contributed by atoms with van der Waals surface area (Å²) in [7, 11) is 0. The van der Waals surface area contributed by atoms with Crippen LogP contribution in [0.1, 0.15) is 21.2 Å². The van der Waals surface area contributed by atoms with Gasteiger partial charge in [-0.15, -0.1) is 23.1 Å². The van der Waals surface area contributed by atoms with E-state index in [-0.39, 0.29) is 11.8 Å². The predicted octanol–water partition coefficient (Wildman–Crippen LogP) is 7.02. The van der Waals surface area contributed by atoms with Crippen LogP contribution in [-0.4, -0.2) is 16.8 Å². The Morgan fingerprint density at radius 2 is 1.54 bits per heavy atom. The van der Waals surface area contributed by atoms with E-state index in [2.05, 4.69) is 15.6 Å². The Kier molecular flexibility index (Phi) is 6.88. The van der Waals surface area contributed by atoms with Crippen molar-refractivity contribution >= 4 is 56.5 Å². The van der Waals surface area contributed by atoms with E-state index in [0.29, 0.717) is 16.4 Å². The Labute approximate surface area is 211 Å². The lowest BCUT2D eigenvalue weighted by atomic mass is 10.1. The topological polar surface area (TPSA) is 71.1 Å². The molecule has 1 aromatic heterocycles. The zero-order valence-electron chi connectivity index (χ0n) is 18.5. The maximum atomic E-state index is 13.1. The number of carbonyl (C=O) groups is 2. The first-order valence-corrected chi connectivity index (χ1v) is 12.7. The molecule has 0 saturated heterocycles. The first-order valence-electron chi connectivity index (χ1n) is 11.0. The third-order valence-electron chi connectivity index (χ3n) is 5.38. The van der Waals surface area contributed by atoms with Crippen molar-refractivity contribution in [3.8, 4) is 0 Å². The highest BCUT2D eigenvalue weighted by molar-refractivity contribution is 8.00. The monoisotopic (exact) mass is 495 g/mol. The summed E-state index contributed by atoms with van der Waals surface area (Å²) in [5.74, 6) is -0.300. The minimum absolute atomic E-state index is 0.134. The quantitative estimate of drug-likeness (QED) is 0.238. The lowest BCUT2D eigenvalue weighted by Gasteiger charge is -2.16. The van der Waals surface area contributed by atoms with Gasteiger partial charge in [-0.1, -0.05) is 60.7 Å². The van der Waals surface area contributed by atoms with Crippen LogP contribution in [0.4, 0.5) is 10.8 Å². The second-order valence-corrected chi connectivity index (χ2v) is 9.85. The zero-order chi connectivity index (χ0) is 24.0. The van der Waals surface area contributed by atoms with Crippen molar-refractivity contribution in [1.82, 2.24) is 4.98 Å². The van der Waals surface area contributed by atoms with Gasteiger partial charge in [0.2, 0.25) is 5.91 Å². The smallest absolute Gasteiger partial charge is 0.255 e. The van der Waals surface area contributed by atoms with Crippen molar-refractivity contribution in [2.75, 3.05) is 10.6 Å². The molecule has 0 aliphatic heterocycles. The van der Waals surface area contributed by atoms with Gasteiger partial charge < -0.3 is 10.6 Å². The highest BCUT2D eigenvalue weighted by atomic mass is 32.2. The molecular weight excluding hydrogens is 474 g/mol. The lowest BCUT2D eigenvalue weighted by Crippen LogP contribution is -2.18. The van der Waals surface area contributed by atoms with Crippen LogP contribution in [-0.2, 0) is 4.79 Å². The number of thiazole rings is 1. The molecule has 5 nitrogen and oxygen atoms in total. The molecule has 0 aliphatic carbocycles. The highest BCUT2D eigenvalue weighted by Crippen LogP contribution is 2.37. The van der Waals surface area contributed by atoms with Crippen molar-refractivity contribution in [2.24, 2.45) is 0 Å². The van der Waals surface area contributed by atoms with E-state index in [1.165, 1.54) is 23.1 Å². The van der Waals surface area contributed by atoms with E-state index >= 15 is 0 Å². The Morgan fingerprint density at radius 3 is 2.29 bits per heavy atom. The van der Waals surface area contributed by atoms with Crippen molar-refractivity contribution < 1.29 is 9.59 Å². The molecule has 0 saturated carbocycles. The molecule has 172 valence electrons. The fourth-order valence-corrected chi connectivity index (χ4v) is 5.20. The third-order valence-corrected chi connectivity index (χ3v) is 7.34. The minimum Gasteiger partial charge on any atom is -0.322 e. The fourth-order valence-electron chi connectivity index (χ4n) is 3.64. The molecule has 5 aromatic rings. The number of nitrogens with zero attached hydrogens (tertiary/aromatic N) is 1. The van der Waals surface area contributed by atoms with Gasteiger partial charge in [-0.3, -0.25) is 9.59 Å². The van der Waals surface area contributed by atoms with E-state index in [9.17, 15) is 9.59 Å². The van der Waals surface area contributed by atoms with Crippen LogP contribution in [0.2, 0.25) is 0 Å². The van der Waals surface area contributed by atoms with Gasteiger partial charge in [-0.05, 0) is 52.7 Å². The zero-order valence-corrected chi connectivity index (χ0v) is 20.2. The highest BCUT2D eigenvalue weighted by Gasteiger charge is 2.23.